The lowest BCUT2D eigenvalue weighted by molar-refractivity contribution is 0.831. The summed E-state index contributed by atoms with van der Waals surface area (Å²) in [4.78, 5) is 4.14. The number of pyridine rings is 1. The highest BCUT2D eigenvalue weighted by molar-refractivity contribution is 5.58. The third kappa shape index (κ3) is 2.38. The van der Waals surface area contributed by atoms with Gasteiger partial charge in [0.2, 0.25) is 0 Å². The standard InChI is InChI=1S/C10H14N2/c1-8(2)7-9(11)10-5-3-4-6-12-10/h3-8H,11H2,1-2H3. The van der Waals surface area contributed by atoms with E-state index in [0.717, 1.165) is 11.4 Å². The molecule has 0 saturated heterocycles. The monoisotopic (exact) mass is 162 g/mol. The van der Waals surface area contributed by atoms with E-state index >= 15 is 0 Å². The molecule has 12 heavy (non-hydrogen) atoms. The first kappa shape index (κ1) is 8.78. The van der Waals surface area contributed by atoms with Crippen LogP contribution in [0.1, 0.15) is 19.5 Å². The van der Waals surface area contributed by atoms with Crippen molar-refractivity contribution < 1.29 is 0 Å². The lowest BCUT2D eigenvalue weighted by Crippen LogP contribution is -2.00. The Kier molecular flexibility index (Phi) is 2.86. The Balaban J connectivity index is 2.85. The van der Waals surface area contributed by atoms with Crippen LogP contribution >= 0.6 is 0 Å². The van der Waals surface area contributed by atoms with Crippen molar-refractivity contribution in [1.82, 2.24) is 4.98 Å². The van der Waals surface area contributed by atoms with Crippen LogP contribution in [0.15, 0.2) is 30.5 Å². The zero-order valence-electron chi connectivity index (χ0n) is 7.49. The Morgan fingerprint density at radius 2 is 2.25 bits per heavy atom. The number of nitrogens with zero attached hydrogens (tertiary/aromatic N) is 1. The first-order chi connectivity index (χ1) is 5.70. The molecule has 0 aliphatic carbocycles. The van der Waals surface area contributed by atoms with Crippen LogP contribution in [0.4, 0.5) is 0 Å². The largest absolute Gasteiger partial charge is 0.397 e. The van der Waals surface area contributed by atoms with E-state index in [-0.39, 0.29) is 0 Å². The maximum Gasteiger partial charge on any atom is 0.0855 e. The molecule has 0 fully saturated rings. The van der Waals surface area contributed by atoms with Gasteiger partial charge in [0.15, 0.2) is 0 Å². The number of nitrogens with two attached hydrogens (primary N) is 1. The minimum Gasteiger partial charge on any atom is -0.397 e. The molecule has 0 atom stereocenters. The van der Waals surface area contributed by atoms with Crippen LogP contribution in [-0.4, -0.2) is 4.98 Å². The molecule has 0 spiro atoms. The normalized spacial score (nSPS) is 12.1. The number of rotatable bonds is 2. The highest BCUT2D eigenvalue weighted by Crippen LogP contribution is 2.07. The fraction of sp³-hybridized carbons (Fsp3) is 0.300. The summed E-state index contributed by atoms with van der Waals surface area (Å²) in [5.41, 5.74) is 7.40. The lowest BCUT2D eigenvalue weighted by atomic mass is 10.1. The van der Waals surface area contributed by atoms with E-state index in [4.69, 9.17) is 5.73 Å². The Labute approximate surface area is 73.1 Å². The average molecular weight is 162 g/mol. The molecule has 1 heterocycles. The van der Waals surface area contributed by atoms with Crippen molar-refractivity contribution >= 4 is 5.70 Å². The predicted molar refractivity (Wildman–Crippen MR) is 51.2 cm³/mol. The second-order valence-electron chi connectivity index (χ2n) is 3.08. The van der Waals surface area contributed by atoms with Crippen LogP contribution in [0.3, 0.4) is 0 Å². The van der Waals surface area contributed by atoms with E-state index in [0.29, 0.717) is 5.92 Å². The maximum atomic E-state index is 5.79. The first-order valence-corrected chi connectivity index (χ1v) is 4.09. The van der Waals surface area contributed by atoms with Gasteiger partial charge >= 0.3 is 0 Å². The van der Waals surface area contributed by atoms with Gasteiger partial charge in [0, 0.05) is 6.20 Å². The number of hydrogen-bond acceptors (Lipinski definition) is 2. The third-order valence-electron chi connectivity index (χ3n) is 1.47. The molecule has 0 saturated carbocycles. The van der Waals surface area contributed by atoms with Crippen LogP contribution in [0.25, 0.3) is 5.70 Å². The highest BCUT2D eigenvalue weighted by Gasteiger charge is 1.96. The molecule has 1 aromatic rings. The van der Waals surface area contributed by atoms with Crippen molar-refractivity contribution in [2.45, 2.75) is 13.8 Å². The van der Waals surface area contributed by atoms with Crippen molar-refractivity contribution in [3.05, 3.63) is 36.2 Å². The summed E-state index contributed by atoms with van der Waals surface area (Å²) < 4.78 is 0. The minimum absolute atomic E-state index is 0.465. The molecule has 2 nitrogen and oxygen atoms in total. The molecule has 0 aliphatic rings. The molecular formula is C10H14N2. The minimum atomic E-state index is 0.465. The Bertz CT molecular complexity index is 262. The van der Waals surface area contributed by atoms with E-state index in [2.05, 4.69) is 18.8 Å². The smallest absolute Gasteiger partial charge is 0.0855 e. The molecule has 0 bridgehead atoms. The number of allylic oxidation sites excluding steroid dienone is 1. The van der Waals surface area contributed by atoms with Crippen molar-refractivity contribution in [1.29, 1.82) is 0 Å². The van der Waals surface area contributed by atoms with E-state index in [1.807, 2.05) is 24.3 Å². The van der Waals surface area contributed by atoms with Crippen LogP contribution in [0, 0.1) is 5.92 Å². The summed E-state index contributed by atoms with van der Waals surface area (Å²) in [5, 5.41) is 0. The summed E-state index contributed by atoms with van der Waals surface area (Å²) in [7, 11) is 0. The molecule has 0 amide bonds. The summed E-state index contributed by atoms with van der Waals surface area (Å²) in [6.07, 6.45) is 3.75. The SMILES string of the molecule is CC(C)C=C(N)c1ccccn1. The summed E-state index contributed by atoms with van der Waals surface area (Å²) in [6.45, 7) is 4.19. The Morgan fingerprint density at radius 3 is 2.75 bits per heavy atom. The van der Waals surface area contributed by atoms with Gasteiger partial charge in [0.1, 0.15) is 0 Å². The highest BCUT2D eigenvalue weighted by atomic mass is 14.7. The Hall–Kier alpha value is -1.31. The molecule has 0 aromatic carbocycles. The number of hydrogen-bond donors (Lipinski definition) is 1. The van der Waals surface area contributed by atoms with Crippen LogP contribution < -0.4 is 5.73 Å². The van der Waals surface area contributed by atoms with Gasteiger partial charge in [0.05, 0.1) is 11.4 Å². The summed E-state index contributed by atoms with van der Waals surface area (Å²) in [5.74, 6) is 0.465. The fourth-order valence-electron chi connectivity index (χ4n) is 0.978. The Morgan fingerprint density at radius 1 is 1.50 bits per heavy atom. The van der Waals surface area contributed by atoms with Crippen LogP contribution in [0.5, 0.6) is 0 Å². The molecule has 1 aromatic heterocycles. The maximum absolute atomic E-state index is 5.79. The first-order valence-electron chi connectivity index (χ1n) is 4.09. The van der Waals surface area contributed by atoms with Crippen LogP contribution in [0.2, 0.25) is 0 Å². The molecular weight excluding hydrogens is 148 g/mol. The van der Waals surface area contributed by atoms with Crippen LogP contribution in [-0.2, 0) is 0 Å². The predicted octanol–water partition coefficient (Wildman–Crippen LogP) is 2.04. The van der Waals surface area contributed by atoms with Crippen molar-refractivity contribution in [2.75, 3.05) is 0 Å². The van der Waals surface area contributed by atoms with Gasteiger partial charge in [-0.25, -0.2) is 0 Å². The number of aromatic nitrogens is 1. The molecule has 64 valence electrons. The van der Waals surface area contributed by atoms with Gasteiger partial charge in [-0.05, 0) is 18.1 Å². The topological polar surface area (TPSA) is 38.9 Å². The molecule has 0 unspecified atom stereocenters. The van der Waals surface area contributed by atoms with Crippen molar-refractivity contribution in [3.63, 3.8) is 0 Å². The van der Waals surface area contributed by atoms with Gasteiger partial charge in [-0.15, -0.1) is 0 Å². The molecule has 0 radical (unpaired) electrons. The molecule has 1 rings (SSSR count). The van der Waals surface area contributed by atoms with Gasteiger partial charge in [0.25, 0.3) is 0 Å². The second kappa shape index (κ2) is 3.90. The van der Waals surface area contributed by atoms with E-state index in [9.17, 15) is 0 Å². The summed E-state index contributed by atoms with van der Waals surface area (Å²) in [6, 6.07) is 5.73. The van der Waals surface area contributed by atoms with Gasteiger partial charge in [-0.1, -0.05) is 26.0 Å². The van der Waals surface area contributed by atoms with Crippen molar-refractivity contribution in [3.8, 4) is 0 Å². The lowest BCUT2D eigenvalue weighted by Gasteiger charge is -2.01. The van der Waals surface area contributed by atoms with Gasteiger partial charge in [-0.3, -0.25) is 4.98 Å². The van der Waals surface area contributed by atoms with Gasteiger partial charge < -0.3 is 5.73 Å². The molecule has 2 N–H and O–H groups in total. The summed E-state index contributed by atoms with van der Waals surface area (Å²) >= 11 is 0. The molecule has 0 aliphatic heterocycles. The third-order valence-corrected chi connectivity index (χ3v) is 1.47. The van der Waals surface area contributed by atoms with E-state index in [1.165, 1.54) is 0 Å². The van der Waals surface area contributed by atoms with Crippen molar-refractivity contribution in [2.24, 2.45) is 11.7 Å². The average Bonchev–Trinajstić information content (AvgIpc) is 2.05. The second-order valence-corrected chi connectivity index (χ2v) is 3.08. The zero-order chi connectivity index (χ0) is 8.97. The van der Waals surface area contributed by atoms with Gasteiger partial charge in [-0.2, -0.15) is 0 Å². The van der Waals surface area contributed by atoms with E-state index in [1.54, 1.807) is 6.20 Å². The molecule has 2 heteroatoms. The quantitative estimate of drug-likeness (QED) is 0.722. The fourth-order valence-corrected chi connectivity index (χ4v) is 0.978. The van der Waals surface area contributed by atoms with E-state index < -0.39 is 0 Å². The zero-order valence-corrected chi connectivity index (χ0v) is 7.49.